The largest absolute Gasteiger partial charge is 0.465 e. The van der Waals surface area contributed by atoms with Crippen LogP contribution >= 0.6 is 23.1 Å². The molecule has 0 unspecified atom stereocenters. The van der Waals surface area contributed by atoms with E-state index in [-0.39, 0.29) is 22.5 Å². The van der Waals surface area contributed by atoms with E-state index in [1.54, 1.807) is 31.2 Å². The van der Waals surface area contributed by atoms with Crippen LogP contribution in [0.2, 0.25) is 0 Å². The molecule has 2 amide bonds. The van der Waals surface area contributed by atoms with E-state index in [0.29, 0.717) is 21.4 Å². The zero-order chi connectivity index (χ0) is 20.8. The number of rotatable bonds is 7. The average Bonchev–Trinajstić information content (AvgIpc) is 3.35. The van der Waals surface area contributed by atoms with E-state index in [2.05, 4.69) is 30.7 Å². The van der Waals surface area contributed by atoms with Crippen molar-refractivity contribution in [2.45, 2.75) is 11.3 Å². The molecule has 0 aliphatic heterocycles. The summed E-state index contributed by atoms with van der Waals surface area (Å²) in [6.45, 7) is 1.68. The Morgan fingerprint density at radius 2 is 1.93 bits per heavy atom. The molecule has 150 valence electrons. The van der Waals surface area contributed by atoms with Crippen LogP contribution in [0.15, 0.2) is 39.2 Å². The van der Waals surface area contributed by atoms with Gasteiger partial charge in [-0.15, -0.1) is 10.2 Å². The van der Waals surface area contributed by atoms with Crippen molar-refractivity contribution in [2.24, 2.45) is 0 Å². The predicted molar refractivity (Wildman–Crippen MR) is 106 cm³/mol. The van der Waals surface area contributed by atoms with Gasteiger partial charge in [0.1, 0.15) is 5.76 Å². The molecule has 0 radical (unpaired) electrons. The summed E-state index contributed by atoms with van der Waals surface area (Å²) in [6.07, 6.45) is 0. The van der Waals surface area contributed by atoms with Gasteiger partial charge in [-0.1, -0.05) is 28.3 Å². The van der Waals surface area contributed by atoms with Gasteiger partial charge in [0.15, 0.2) is 10.0 Å². The SMILES string of the molecule is COC(=O)c1ccc(NC(=O)CSc2nnc(NC(=O)c3cc(C)on3)s2)cc1. The summed E-state index contributed by atoms with van der Waals surface area (Å²) in [6, 6.07) is 7.85. The van der Waals surface area contributed by atoms with Crippen LogP contribution in [0.25, 0.3) is 0 Å². The quantitative estimate of drug-likeness (QED) is 0.327. The molecule has 0 aliphatic carbocycles. The molecule has 0 spiro atoms. The number of hydrogen-bond acceptors (Lipinski definition) is 10. The number of hydrogen-bond donors (Lipinski definition) is 2. The van der Waals surface area contributed by atoms with Crippen molar-refractivity contribution in [2.75, 3.05) is 23.5 Å². The minimum absolute atomic E-state index is 0.101. The fourth-order valence-corrected chi connectivity index (χ4v) is 3.63. The fraction of sp³-hybridized carbons (Fsp3) is 0.176. The summed E-state index contributed by atoms with van der Waals surface area (Å²) in [4.78, 5) is 35.5. The number of nitrogens with one attached hydrogen (secondary N) is 2. The van der Waals surface area contributed by atoms with Crippen molar-refractivity contribution in [3.63, 3.8) is 0 Å². The lowest BCUT2D eigenvalue weighted by Gasteiger charge is -2.05. The summed E-state index contributed by atoms with van der Waals surface area (Å²) in [5, 5.41) is 17.0. The first-order valence-electron chi connectivity index (χ1n) is 8.14. The normalized spacial score (nSPS) is 10.4. The summed E-state index contributed by atoms with van der Waals surface area (Å²) >= 11 is 2.32. The smallest absolute Gasteiger partial charge is 0.337 e. The lowest BCUT2D eigenvalue weighted by atomic mass is 10.2. The molecule has 0 fully saturated rings. The first-order valence-corrected chi connectivity index (χ1v) is 9.94. The molecule has 0 atom stereocenters. The van der Waals surface area contributed by atoms with Gasteiger partial charge in [0.2, 0.25) is 11.0 Å². The van der Waals surface area contributed by atoms with Crippen molar-refractivity contribution < 1.29 is 23.6 Å². The Hall–Kier alpha value is -3.25. The minimum atomic E-state index is -0.456. The van der Waals surface area contributed by atoms with Gasteiger partial charge in [-0.2, -0.15) is 0 Å². The van der Waals surface area contributed by atoms with Gasteiger partial charge in [0, 0.05) is 11.8 Å². The van der Waals surface area contributed by atoms with Crippen molar-refractivity contribution in [3.8, 4) is 0 Å². The van der Waals surface area contributed by atoms with Gasteiger partial charge < -0.3 is 14.6 Å². The van der Waals surface area contributed by atoms with Gasteiger partial charge in [0.05, 0.1) is 18.4 Å². The Labute approximate surface area is 173 Å². The molecule has 0 saturated carbocycles. The molecular formula is C17H15N5O5S2. The molecule has 0 bridgehead atoms. The van der Waals surface area contributed by atoms with Gasteiger partial charge in [0.25, 0.3) is 5.91 Å². The number of aromatic nitrogens is 3. The lowest BCUT2D eigenvalue weighted by molar-refractivity contribution is -0.113. The highest BCUT2D eigenvalue weighted by molar-refractivity contribution is 8.01. The lowest BCUT2D eigenvalue weighted by Crippen LogP contribution is -2.14. The molecule has 12 heteroatoms. The van der Waals surface area contributed by atoms with Crippen LogP contribution < -0.4 is 10.6 Å². The zero-order valence-corrected chi connectivity index (χ0v) is 16.9. The van der Waals surface area contributed by atoms with Crippen molar-refractivity contribution in [1.82, 2.24) is 15.4 Å². The monoisotopic (exact) mass is 433 g/mol. The highest BCUT2D eigenvalue weighted by atomic mass is 32.2. The molecule has 3 rings (SSSR count). The Bertz CT molecular complexity index is 1030. The third-order valence-electron chi connectivity index (χ3n) is 3.40. The van der Waals surface area contributed by atoms with Crippen LogP contribution in [-0.2, 0) is 9.53 Å². The molecule has 2 aromatic heterocycles. The second-order valence-electron chi connectivity index (χ2n) is 5.56. The number of benzene rings is 1. The Balaban J connectivity index is 1.48. The van der Waals surface area contributed by atoms with E-state index in [9.17, 15) is 14.4 Å². The van der Waals surface area contributed by atoms with Crippen LogP contribution in [-0.4, -0.2) is 46.0 Å². The number of nitrogens with zero attached hydrogens (tertiary/aromatic N) is 3. The Kier molecular flexibility index (Phi) is 6.57. The van der Waals surface area contributed by atoms with E-state index < -0.39 is 11.9 Å². The van der Waals surface area contributed by atoms with E-state index in [0.717, 1.165) is 11.3 Å². The molecule has 0 aliphatic rings. The van der Waals surface area contributed by atoms with Crippen LogP contribution in [0.3, 0.4) is 0 Å². The highest BCUT2D eigenvalue weighted by Gasteiger charge is 2.15. The number of amides is 2. The van der Waals surface area contributed by atoms with E-state index in [1.807, 2.05) is 0 Å². The number of esters is 1. The van der Waals surface area contributed by atoms with E-state index >= 15 is 0 Å². The van der Waals surface area contributed by atoms with E-state index in [1.165, 1.54) is 24.9 Å². The van der Waals surface area contributed by atoms with Gasteiger partial charge >= 0.3 is 5.97 Å². The minimum Gasteiger partial charge on any atom is -0.465 e. The van der Waals surface area contributed by atoms with Crippen molar-refractivity contribution in [1.29, 1.82) is 0 Å². The molecule has 29 heavy (non-hydrogen) atoms. The van der Waals surface area contributed by atoms with Crippen LogP contribution in [0.5, 0.6) is 0 Å². The number of carbonyl (C=O) groups excluding carboxylic acids is 3. The summed E-state index contributed by atoms with van der Waals surface area (Å²) in [5.41, 5.74) is 1.09. The maximum Gasteiger partial charge on any atom is 0.337 e. The van der Waals surface area contributed by atoms with E-state index in [4.69, 9.17) is 4.52 Å². The Morgan fingerprint density at radius 1 is 1.17 bits per heavy atom. The van der Waals surface area contributed by atoms with Crippen molar-refractivity contribution >= 4 is 51.7 Å². The topological polar surface area (TPSA) is 136 Å². The first-order chi connectivity index (χ1) is 13.9. The zero-order valence-electron chi connectivity index (χ0n) is 15.3. The number of ether oxygens (including phenoxy) is 1. The molecule has 2 N–H and O–H groups in total. The number of thioether (sulfide) groups is 1. The van der Waals surface area contributed by atoms with Gasteiger partial charge in [-0.05, 0) is 31.2 Å². The second kappa shape index (κ2) is 9.30. The fourth-order valence-electron chi connectivity index (χ4n) is 2.09. The first kappa shape index (κ1) is 20.5. The average molecular weight is 433 g/mol. The third kappa shape index (κ3) is 5.62. The molecular weight excluding hydrogens is 418 g/mol. The molecule has 1 aromatic carbocycles. The maximum absolute atomic E-state index is 12.1. The standard InChI is InChI=1S/C17H15N5O5S2/c1-9-7-12(22-27-9)14(24)19-16-20-21-17(29-16)28-8-13(23)18-11-5-3-10(4-6-11)15(25)26-2/h3-7H,8H2,1-2H3,(H,18,23)(H,19,20,24). The molecule has 3 aromatic rings. The molecule has 2 heterocycles. The number of carbonyl (C=O) groups is 3. The van der Waals surface area contributed by atoms with Gasteiger partial charge in [-0.25, -0.2) is 4.79 Å². The summed E-state index contributed by atoms with van der Waals surface area (Å²) in [7, 11) is 1.30. The summed E-state index contributed by atoms with van der Waals surface area (Å²) in [5.74, 6) is -0.530. The van der Waals surface area contributed by atoms with Crippen LogP contribution in [0, 0.1) is 6.92 Å². The molecule has 0 saturated heterocycles. The third-order valence-corrected chi connectivity index (χ3v) is 5.38. The maximum atomic E-state index is 12.1. The van der Waals surface area contributed by atoms with Crippen LogP contribution in [0.1, 0.15) is 26.6 Å². The second-order valence-corrected chi connectivity index (χ2v) is 7.76. The Morgan fingerprint density at radius 3 is 2.59 bits per heavy atom. The predicted octanol–water partition coefficient (Wildman–Crippen LogP) is 2.60. The molecule has 10 nitrogen and oxygen atoms in total. The number of aryl methyl sites for hydroxylation is 1. The number of anilines is 2. The highest BCUT2D eigenvalue weighted by Crippen LogP contribution is 2.26. The number of methoxy groups -OCH3 is 1. The van der Waals surface area contributed by atoms with Crippen LogP contribution in [0.4, 0.5) is 10.8 Å². The van der Waals surface area contributed by atoms with Gasteiger partial charge in [-0.3, -0.25) is 14.9 Å². The van der Waals surface area contributed by atoms with Crippen molar-refractivity contribution in [3.05, 3.63) is 47.3 Å². The summed E-state index contributed by atoms with van der Waals surface area (Å²) < 4.78 is 9.99.